The van der Waals surface area contributed by atoms with Gasteiger partial charge < -0.3 is 10.1 Å². The Morgan fingerprint density at radius 3 is 2.76 bits per heavy atom. The summed E-state index contributed by atoms with van der Waals surface area (Å²) in [6, 6.07) is 11.3. The van der Waals surface area contributed by atoms with Gasteiger partial charge in [-0.15, -0.1) is 0 Å². The predicted molar refractivity (Wildman–Crippen MR) is 70.7 cm³/mol. The van der Waals surface area contributed by atoms with Gasteiger partial charge in [0.15, 0.2) is 0 Å². The molecule has 0 radical (unpaired) electrons. The molecular formula is C15H21NO. The molecule has 1 aliphatic rings. The summed E-state index contributed by atoms with van der Waals surface area (Å²) < 4.78 is 5.12. The maximum absolute atomic E-state index is 5.12. The molecule has 1 aliphatic carbocycles. The lowest BCUT2D eigenvalue weighted by molar-refractivity contribution is 0.242. The Bertz CT molecular complexity index is 332. The Balaban J connectivity index is 1.80. The average molecular weight is 231 g/mol. The monoisotopic (exact) mass is 231 g/mol. The number of ether oxygens (including phenoxy) is 1. The zero-order valence-corrected chi connectivity index (χ0v) is 10.3. The van der Waals surface area contributed by atoms with E-state index in [1.54, 1.807) is 0 Å². The second kappa shape index (κ2) is 6.45. The van der Waals surface area contributed by atoms with Crippen LogP contribution in [-0.2, 0) is 4.74 Å². The highest BCUT2D eigenvalue weighted by Crippen LogP contribution is 2.40. The Hall–Kier alpha value is -1.28. The van der Waals surface area contributed by atoms with Crippen LogP contribution in [-0.4, -0.2) is 13.2 Å². The topological polar surface area (TPSA) is 21.3 Å². The first kappa shape index (κ1) is 12.2. The molecule has 0 bridgehead atoms. The summed E-state index contributed by atoms with van der Waals surface area (Å²) in [5.74, 6) is 0.831. The summed E-state index contributed by atoms with van der Waals surface area (Å²) in [5, 5.41) is 3.64. The van der Waals surface area contributed by atoms with E-state index in [-0.39, 0.29) is 0 Å². The molecule has 0 aromatic heterocycles. The molecule has 1 unspecified atom stereocenters. The van der Waals surface area contributed by atoms with Crippen molar-refractivity contribution < 1.29 is 4.74 Å². The molecule has 17 heavy (non-hydrogen) atoms. The van der Waals surface area contributed by atoms with E-state index < -0.39 is 0 Å². The highest BCUT2D eigenvalue weighted by atomic mass is 16.5. The zero-order chi connectivity index (χ0) is 11.9. The van der Waals surface area contributed by atoms with Crippen molar-refractivity contribution in [1.82, 2.24) is 5.32 Å². The minimum absolute atomic E-state index is 0.528. The van der Waals surface area contributed by atoms with E-state index in [1.165, 1.54) is 24.7 Å². The average Bonchev–Trinajstić information content (AvgIpc) is 3.19. The molecule has 0 aliphatic heterocycles. The molecule has 92 valence electrons. The van der Waals surface area contributed by atoms with Crippen molar-refractivity contribution in [3.63, 3.8) is 0 Å². The van der Waals surface area contributed by atoms with Crippen molar-refractivity contribution in [2.45, 2.75) is 25.3 Å². The van der Waals surface area contributed by atoms with Gasteiger partial charge in [0, 0.05) is 6.04 Å². The van der Waals surface area contributed by atoms with Gasteiger partial charge in [0.25, 0.3) is 0 Å². The second-order valence-corrected chi connectivity index (χ2v) is 4.57. The summed E-state index contributed by atoms with van der Waals surface area (Å²) in [6.07, 6.45) is 5.25. The number of hydrogen-bond donors (Lipinski definition) is 1. The Labute approximate surface area is 104 Å². The SMILES string of the molecule is C=COCCCNC(c1ccccc1)C1CC1. The van der Waals surface area contributed by atoms with Crippen LogP contribution in [0, 0.1) is 5.92 Å². The summed E-state index contributed by atoms with van der Waals surface area (Å²) >= 11 is 0. The van der Waals surface area contributed by atoms with E-state index in [0.717, 1.165) is 25.5 Å². The third-order valence-electron chi connectivity index (χ3n) is 3.17. The van der Waals surface area contributed by atoms with Gasteiger partial charge in [-0.1, -0.05) is 36.9 Å². The molecule has 1 aromatic carbocycles. The molecule has 1 fully saturated rings. The number of rotatable bonds is 8. The van der Waals surface area contributed by atoms with Gasteiger partial charge in [0.05, 0.1) is 12.9 Å². The highest BCUT2D eigenvalue weighted by molar-refractivity contribution is 5.21. The van der Waals surface area contributed by atoms with Crippen LogP contribution in [0.25, 0.3) is 0 Å². The molecule has 0 amide bonds. The first-order chi connectivity index (χ1) is 8.42. The third-order valence-corrected chi connectivity index (χ3v) is 3.17. The van der Waals surface area contributed by atoms with Crippen molar-refractivity contribution in [2.75, 3.05) is 13.2 Å². The molecule has 1 saturated carbocycles. The first-order valence-corrected chi connectivity index (χ1v) is 6.42. The van der Waals surface area contributed by atoms with Gasteiger partial charge >= 0.3 is 0 Å². The molecule has 2 rings (SSSR count). The largest absolute Gasteiger partial charge is 0.502 e. The van der Waals surface area contributed by atoms with Crippen LogP contribution in [0.4, 0.5) is 0 Å². The van der Waals surface area contributed by atoms with Crippen LogP contribution in [0.15, 0.2) is 43.2 Å². The molecule has 1 aromatic rings. The maximum atomic E-state index is 5.12. The van der Waals surface area contributed by atoms with Crippen molar-refractivity contribution in [1.29, 1.82) is 0 Å². The standard InChI is InChI=1S/C15H21NO/c1-2-17-12-6-11-16-15(14-9-10-14)13-7-4-3-5-8-13/h2-5,7-8,14-16H,1,6,9-12H2. The molecule has 0 heterocycles. The van der Waals surface area contributed by atoms with E-state index in [0.29, 0.717) is 6.04 Å². The van der Waals surface area contributed by atoms with E-state index in [1.807, 2.05) is 0 Å². The van der Waals surface area contributed by atoms with Gasteiger partial charge in [-0.3, -0.25) is 0 Å². The van der Waals surface area contributed by atoms with Crippen LogP contribution < -0.4 is 5.32 Å². The maximum Gasteiger partial charge on any atom is 0.0885 e. The summed E-state index contributed by atoms with van der Waals surface area (Å²) in [4.78, 5) is 0. The number of hydrogen-bond acceptors (Lipinski definition) is 2. The fourth-order valence-electron chi connectivity index (χ4n) is 2.14. The van der Waals surface area contributed by atoms with Crippen LogP contribution in [0.2, 0.25) is 0 Å². The number of benzene rings is 1. The smallest absolute Gasteiger partial charge is 0.0885 e. The zero-order valence-electron chi connectivity index (χ0n) is 10.3. The van der Waals surface area contributed by atoms with Crippen LogP contribution >= 0.6 is 0 Å². The van der Waals surface area contributed by atoms with Crippen LogP contribution in [0.5, 0.6) is 0 Å². The van der Waals surface area contributed by atoms with Crippen molar-refractivity contribution in [3.8, 4) is 0 Å². The lowest BCUT2D eigenvalue weighted by Crippen LogP contribution is -2.24. The van der Waals surface area contributed by atoms with E-state index in [2.05, 4.69) is 42.2 Å². The lowest BCUT2D eigenvalue weighted by Gasteiger charge is -2.18. The Kier molecular flexibility index (Phi) is 4.63. The van der Waals surface area contributed by atoms with Gasteiger partial charge in [0.2, 0.25) is 0 Å². The predicted octanol–water partition coefficient (Wildman–Crippen LogP) is 3.28. The van der Waals surface area contributed by atoms with E-state index in [4.69, 9.17) is 4.74 Å². The lowest BCUT2D eigenvalue weighted by atomic mass is 10.0. The molecule has 1 atom stereocenters. The summed E-state index contributed by atoms with van der Waals surface area (Å²) in [7, 11) is 0. The summed E-state index contributed by atoms with van der Waals surface area (Å²) in [6.45, 7) is 5.29. The molecule has 2 nitrogen and oxygen atoms in total. The summed E-state index contributed by atoms with van der Waals surface area (Å²) in [5.41, 5.74) is 1.42. The molecule has 0 saturated heterocycles. The molecule has 0 spiro atoms. The van der Waals surface area contributed by atoms with E-state index in [9.17, 15) is 0 Å². The third kappa shape index (κ3) is 3.90. The normalized spacial score (nSPS) is 16.5. The molecular weight excluding hydrogens is 210 g/mol. The quantitative estimate of drug-likeness (QED) is 0.547. The Morgan fingerprint density at radius 2 is 2.12 bits per heavy atom. The van der Waals surface area contributed by atoms with Crippen molar-refractivity contribution in [3.05, 3.63) is 48.7 Å². The Morgan fingerprint density at radius 1 is 1.35 bits per heavy atom. The first-order valence-electron chi connectivity index (χ1n) is 6.42. The molecule has 2 heteroatoms. The number of nitrogens with one attached hydrogen (secondary N) is 1. The van der Waals surface area contributed by atoms with Gasteiger partial charge in [-0.2, -0.15) is 0 Å². The molecule has 1 N–H and O–H groups in total. The van der Waals surface area contributed by atoms with Gasteiger partial charge in [-0.25, -0.2) is 0 Å². The fourth-order valence-corrected chi connectivity index (χ4v) is 2.14. The minimum Gasteiger partial charge on any atom is -0.502 e. The fraction of sp³-hybridized carbons (Fsp3) is 0.467. The van der Waals surface area contributed by atoms with Crippen molar-refractivity contribution >= 4 is 0 Å². The van der Waals surface area contributed by atoms with Crippen LogP contribution in [0.3, 0.4) is 0 Å². The van der Waals surface area contributed by atoms with Crippen molar-refractivity contribution in [2.24, 2.45) is 5.92 Å². The van der Waals surface area contributed by atoms with Crippen LogP contribution in [0.1, 0.15) is 30.9 Å². The minimum atomic E-state index is 0.528. The van der Waals surface area contributed by atoms with Gasteiger partial charge in [0.1, 0.15) is 0 Å². The second-order valence-electron chi connectivity index (χ2n) is 4.57. The van der Waals surface area contributed by atoms with E-state index >= 15 is 0 Å². The highest BCUT2D eigenvalue weighted by Gasteiger charge is 2.31. The van der Waals surface area contributed by atoms with Gasteiger partial charge in [-0.05, 0) is 37.3 Å².